The maximum atomic E-state index is 13.1. The van der Waals surface area contributed by atoms with Crippen LogP contribution in [0.3, 0.4) is 0 Å². The number of likely N-dealkylation sites (tertiary alicyclic amines) is 1. The van der Waals surface area contributed by atoms with Crippen molar-refractivity contribution in [1.29, 1.82) is 0 Å². The smallest absolute Gasteiger partial charge is 0.378 e. The molecule has 10 nitrogen and oxygen atoms in total. The number of ether oxygens (including phenoxy) is 1. The van der Waals surface area contributed by atoms with E-state index in [-0.39, 0.29) is 18.4 Å². The predicted octanol–water partition coefficient (Wildman–Crippen LogP) is -0.201. The summed E-state index contributed by atoms with van der Waals surface area (Å²) in [5, 5.41) is 17.8. The third-order valence-corrected chi connectivity index (χ3v) is 6.26. The minimum atomic E-state index is -5.02. The number of nitrogens with zero attached hydrogens (tertiary/aromatic N) is 1. The van der Waals surface area contributed by atoms with Gasteiger partial charge in [0, 0.05) is 17.5 Å². The third kappa shape index (κ3) is 6.66. The number of Topliss-reactive ketones (excluding diaryl/α,β-unsaturated/α-hetero) is 1. The molecule has 2 aliphatic heterocycles. The first kappa shape index (κ1) is 26.4. The molecule has 3 aliphatic rings. The SMILES string of the molecule is CC(C)(C)NC(=O)C(=O)N1[C@@H]2C[C@@H]2C[C@H]1C(=O)N[C@@H](C[C@@H]1CCNC1O)C(=O)COC(F)(F)F. The van der Waals surface area contributed by atoms with Gasteiger partial charge in [0.2, 0.25) is 5.91 Å². The number of alkyl halides is 3. The van der Waals surface area contributed by atoms with Gasteiger partial charge in [0.15, 0.2) is 5.78 Å². The van der Waals surface area contributed by atoms with Gasteiger partial charge < -0.3 is 20.6 Å². The summed E-state index contributed by atoms with van der Waals surface area (Å²) in [4.78, 5) is 52.0. The second-order valence-corrected chi connectivity index (χ2v) is 10.2. The number of amides is 3. The highest BCUT2D eigenvalue weighted by atomic mass is 19.4. The molecule has 3 amide bonds. The lowest BCUT2D eigenvalue weighted by atomic mass is 9.95. The van der Waals surface area contributed by atoms with E-state index in [1.165, 1.54) is 4.90 Å². The van der Waals surface area contributed by atoms with Gasteiger partial charge in [-0.2, -0.15) is 0 Å². The van der Waals surface area contributed by atoms with Crippen LogP contribution in [0.4, 0.5) is 13.2 Å². The van der Waals surface area contributed by atoms with Crippen LogP contribution in [0.2, 0.25) is 0 Å². The highest BCUT2D eigenvalue weighted by Gasteiger charge is 2.57. The molecule has 0 spiro atoms. The summed E-state index contributed by atoms with van der Waals surface area (Å²) in [5.41, 5.74) is -0.667. The monoisotopic (exact) mass is 492 g/mol. The van der Waals surface area contributed by atoms with Gasteiger partial charge in [0.25, 0.3) is 0 Å². The molecule has 3 fully saturated rings. The quantitative estimate of drug-likeness (QED) is 0.361. The molecular formula is C21H31F3N4O6. The molecule has 1 saturated carbocycles. The summed E-state index contributed by atoms with van der Waals surface area (Å²) < 4.78 is 41.0. The van der Waals surface area contributed by atoms with E-state index >= 15 is 0 Å². The number of rotatable bonds is 7. The van der Waals surface area contributed by atoms with E-state index in [0.717, 1.165) is 0 Å². The summed E-state index contributed by atoms with van der Waals surface area (Å²) in [5.74, 6) is -3.87. The van der Waals surface area contributed by atoms with E-state index in [4.69, 9.17) is 0 Å². The van der Waals surface area contributed by atoms with Crippen molar-refractivity contribution in [2.24, 2.45) is 11.8 Å². The number of carbonyl (C=O) groups is 4. The number of nitrogens with one attached hydrogen (secondary N) is 3. The average molecular weight is 492 g/mol. The Morgan fingerprint density at radius 3 is 2.41 bits per heavy atom. The Hall–Kier alpha value is -2.25. The van der Waals surface area contributed by atoms with Gasteiger partial charge >= 0.3 is 18.2 Å². The largest absolute Gasteiger partial charge is 0.522 e. The first-order chi connectivity index (χ1) is 15.7. The zero-order chi connectivity index (χ0) is 25.4. The normalized spacial score (nSPS) is 29.4. The van der Waals surface area contributed by atoms with Crippen molar-refractivity contribution in [3.05, 3.63) is 0 Å². The van der Waals surface area contributed by atoms with Crippen LogP contribution in [0.5, 0.6) is 0 Å². The molecule has 13 heteroatoms. The average Bonchev–Trinajstić information content (AvgIpc) is 3.18. The Bertz CT molecular complexity index is 830. The molecule has 0 aromatic rings. The first-order valence-electron chi connectivity index (χ1n) is 11.3. The topological polar surface area (TPSA) is 137 Å². The molecule has 34 heavy (non-hydrogen) atoms. The lowest BCUT2D eigenvalue weighted by molar-refractivity contribution is -0.321. The minimum absolute atomic E-state index is 0.0469. The molecule has 1 unspecified atom stereocenters. The van der Waals surface area contributed by atoms with Crippen molar-refractivity contribution in [2.45, 2.75) is 82.7 Å². The highest BCUT2D eigenvalue weighted by molar-refractivity contribution is 6.35. The number of halogens is 3. The zero-order valence-corrected chi connectivity index (χ0v) is 19.3. The van der Waals surface area contributed by atoms with Crippen LogP contribution >= 0.6 is 0 Å². The number of ketones is 1. The molecule has 4 N–H and O–H groups in total. The molecule has 0 radical (unpaired) electrons. The van der Waals surface area contributed by atoms with Crippen LogP contribution < -0.4 is 16.0 Å². The lowest BCUT2D eigenvalue weighted by Crippen LogP contribution is -2.57. The second-order valence-electron chi connectivity index (χ2n) is 10.2. The Kier molecular flexibility index (Phi) is 7.58. The van der Waals surface area contributed by atoms with Gasteiger partial charge in [0.1, 0.15) is 18.9 Å². The van der Waals surface area contributed by atoms with Crippen molar-refractivity contribution < 1.29 is 42.2 Å². The molecular weight excluding hydrogens is 461 g/mol. The van der Waals surface area contributed by atoms with Crippen LogP contribution in [0.1, 0.15) is 46.5 Å². The van der Waals surface area contributed by atoms with E-state index in [2.05, 4.69) is 20.7 Å². The number of aliphatic hydroxyl groups is 1. The molecule has 192 valence electrons. The molecule has 2 saturated heterocycles. The first-order valence-corrected chi connectivity index (χ1v) is 11.3. The Labute approximate surface area is 194 Å². The fraction of sp³-hybridized carbons (Fsp3) is 0.810. The number of hydrogen-bond acceptors (Lipinski definition) is 7. The van der Waals surface area contributed by atoms with Crippen LogP contribution in [0.25, 0.3) is 0 Å². The van der Waals surface area contributed by atoms with Gasteiger partial charge in [-0.3, -0.25) is 29.2 Å². The van der Waals surface area contributed by atoms with Crippen LogP contribution in [-0.4, -0.2) is 82.9 Å². The van der Waals surface area contributed by atoms with Gasteiger partial charge in [-0.25, -0.2) is 0 Å². The fourth-order valence-electron chi connectivity index (χ4n) is 4.58. The van der Waals surface area contributed by atoms with E-state index in [1.807, 2.05) is 0 Å². The highest BCUT2D eigenvalue weighted by Crippen LogP contribution is 2.48. The summed E-state index contributed by atoms with van der Waals surface area (Å²) in [6.07, 6.45) is -4.67. The van der Waals surface area contributed by atoms with Crippen molar-refractivity contribution in [3.63, 3.8) is 0 Å². The Morgan fingerprint density at radius 2 is 1.85 bits per heavy atom. The van der Waals surface area contributed by atoms with Gasteiger partial charge in [0.05, 0.1) is 6.04 Å². The Morgan fingerprint density at radius 1 is 1.18 bits per heavy atom. The minimum Gasteiger partial charge on any atom is -0.378 e. The summed E-state index contributed by atoms with van der Waals surface area (Å²) in [7, 11) is 0. The zero-order valence-electron chi connectivity index (χ0n) is 19.3. The molecule has 6 atom stereocenters. The molecule has 2 heterocycles. The molecule has 1 aliphatic carbocycles. The fourth-order valence-corrected chi connectivity index (χ4v) is 4.58. The van der Waals surface area contributed by atoms with Gasteiger partial charge in [-0.05, 0) is 58.9 Å². The maximum absolute atomic E-state index is 13.1. The second kappa shape index (κ2) is 9.78. The van der Waals surface area contributed by atoms with Gasteiger partial charge in [-0.15, -0.1) is 13.2 Å². The molecule has 3 rings (SSSR count). The van der Waals surface area contributed by atoms with E-state index in [9.17, 15) is 37.5 Å². The molecule has 0 aromatic heterocycles. The molecule has 0 bridgehead atoms. The maximum Gasteiger partial charge on any atom is 0.522 e. The van der Waals surface area contributed by atoms with E-state index in [0.29, 0.717) is 25.8 Å². The third-order valence-electron chi connectivity index (χ3n) is 6.26. The number of piperidine rings is 1. The van der Waals surface area contributed by atoms with Crippen LogP contribution in [-0.2, 0) is 23.9 Å². The standard InChI is InChI=1S/C21H31F3N4O6/c1-20(2,3)27-18(32)19(33)28-13-7-11(13)8-14(28)17(31)26-12(6-10-4-5-25-16(10)30)15(29)9-34-21(22,23)24/h10-14,16,25,30H,4-9H2,1-3H3,(H,26,31)(H,27,32)/t10-,11+,12-,13+,14-,16?/m0/s1. The number of carbonyl (C=O) groups excluding carboxylic acids is 4. The van der Waals surface area contributed by atoms with E-state index < -0.39 is 66.2 Å². The summed E-state index contributed by atoms with van der Waals surface area (Å²) in [6.45, 7) is 4.28. The summed E-state index contributed by atoms with van der Waals surface area (Å²) >= 11 is 0. The van der Waals surface area contributed by atoms with E-state index in [1.54, 1.807) is 20.8 Å². The van der Waals surface area contributed by atoms with Gasteiger partial charge in [-0.1, -0.05) is 0 Å². The van der Waals surface area contributed by atoms with Crippen LogP contribution in [0, 0.1) is 11.8 Å². The predicted molar refractivity (Wildman–Crippen MR) is 111 cm³/mol. The number of fused-ring (bicyclic) bond motifs is 1. The Balaban J connectivity index is 1.70. The summed E-state index contributed by atoms with van der Waals surface area (Å²) in [6, 6.07) is -2.64. The van der Waals surface area contributed by atoms with Crippen molar-refractivity contribution >= 4 is 23.5 Å². The number of aliphatic hydroxyl groups excluding tert-OH is 1. The number of hydrogen-bond donors (Lipinski definition) is 4. The molecule has 0 aromatic carbocycles. The van der Waals surface area contributed by atoms with Crippen molar-refractivity contribution in [3.8, 4) is 0 Å². The van der Waals surface area contributed by atoms with Crippen molar-refractivity contribution in [1.82, 2.24) is 20.9 Å². The lowest BCUT2D eigenvalue weighted by Gasteiger charge is -2.30. The van der Waals surface area contributed by atoms with Crippen molar-refractivity contribution in [2.75, 3.05) is 13.2 Å². The van der Waals surface area contributed by atoms with Crippen LogP contribution in [0.15, 0.2) is 0 Å².